The van der Waals surface area contributed by atoms with Crippen LogP contribution in [0.4, 0.5) is 0 Å². The quantitative estimate of drug-likeness (QED) is 0.914. The molecule has 1 N–H and O–H groups in total. The van der Waals surface area contributed by atoms with Gasteiger partial charge in [0.1, 0.15) is 0 Å². The van der Waals surface area contributed by atoms with E-state index in [0.29, 0.717) is 11.6 Å². The molecular formula is C17H25ClN2. The maximum atomic E-state index is 6.12. The van der Waals surface area contributed by atoms with Crippen molar-refractivity contribution in [2.45, 2.75) is 51.2 Å². The highest BCUT2D eigenvalue weighted by atomic mass is 35.5. The second-order valence-corrected chi connectivity index (χ2v) is 7.23. The first kappa shape index (κ1) is 14.4. The number of hydrogen-bond acceptors (Lipinski definition) is 2. The van der Waals surface area contributed by atoms with Gasteiger partial charge in [0.25, 0.3) is 0 Å². The average molecular weight is 293 g/mol. The van der Waals surface area contributed by atoms with Gasteiger partial charge in [-0.15, -0.1) is 0 Å². The summed E-state index contributed by atoms with van der Waals surface area (Å²) in [7, 11) is 0. The lowest BCUT2D eigenvalue weighted by molar-refractivity contribution is 0.155. The molecule has 3 heteroatoms. The van der Waals surface area contributed by atoms with Gasteiger partial charge < -0.3 is 5.32 Å². The van der Waals surface area contributed by atoms with Crippen LogP contribution in [0.3, 0.4) is 0 Å². The molecule has 20 heavy (non-hydrogen) atoms. The normalized spacial score (nSPS) is 32.0. The van der Waals surface area contributed by atoms with Crippen molar-refractivity contribution in [2.75, 3.05) is 13.1 Å². The summed E-state index contributed by atoms with van der Waals surface area (Å²) in [5.74, 6) is 0.870. The molecule has 0 spiro atoms. The van der Waals surface area contributed by atoms with E-state index in [1.807, 2.05) is 6.07 Å². The van der Waals surface area contributed by atoms with Crippen molar-refractivity contribution >= 4 is 11.6 Å². The monoisotopic (exact) mass is 292 g/mol. The summed E-state index contributed by atoms with van der Waals surface area (Å²) in [5.41, 5.74) is 1.62. The first-order valence-electron chi connectivity index (χ1n) is 7.80. The Morgan fingerprint density at radius 3 is 2.85 bits per heavy atom. The van der Waals surface area contributed by atoms with E-state index in [9.17, 15) is 0 Å². The Morgan fingerprint density at radius 1 is 1.35 bits per heavy atom. The molecule has 110 valence electrons. The van der Waals surface area contributed by atoms with Crippen LogP contribution in [-0.2, 0) is 6.54 Å². The van der Waals surface area contributed by atoms with Crippen LogP contribution >= 0.6 is 11.6 Å². The lowest BCUT2D eigenvalue weighted by atomic mass is 9.95. The molecule has 1 heterocycles. The van der Waals surface area contributed by atoms with Gasteiger partial charge in [-0.1, -0.05) is 23.7 Å². The van der Waals surface area contributed by atoms with Crippen molar-refractivity contribution < 1.29 is 0 Å². The molecule has 1 aliphatic carbocycles. The van der Waals surface area contributed by atoms with E-state index in [4.69, 9.17) is 11.6 Å². The maximum Gasteiger partial charge on any atom is 0.0409 e. The summed E-state index contributed by atoms with van der Waals surface area (Å²) >= 11 is 6.12. The van der Waals surface area contributed by atoms with Gasteiger partial charge in [0.15, 0.2) is 0 Å². The Kier molecular flexibility index (Phi) is 4.07. The topological polar surface area (TPSA) is 15.3 Å². The fourth-order valence-electron chi connectivity index (χ4n) is 3.46. The molecule has 2 unspecified atom stereocenters. The van der Waals surface area contributed by atoms with Gasteiger partial charge in [-0.3, -0.25) is 4.90 Å². The summed E-state index contributed by atoms with van der Waals surface area (Å²) in [6, 6.07) is 8.92. The van der Waals surface area contributed by atoms with Crippen LogP contribution in [0.15, 0.2) is 24.3 Å². The Balaban J connectivity index is 1.75. The van der Waals surface area contributed by atoms with Gasteiger partial charge in [-0.05, 0) is 63.3 Å². The molecule has 3 rings (SSSR count). The molecule has 1 saturated carbocycles. The van der Waals surface area contributed by atoms with Crippen molar-refractivity contribution in [3.63, 3.8) is 0 Å². The van der Waals surface area contributed by atoms with Crippen LogP contribution < -0.4 is 5.32 Å². The van der Waals surface area contributed by atoms with Gasteiger partial charge in [0.2, 0.25) is 0 Å². The van der Waals surface area contributed by atoms with E-state index < -0.39 is 0 Å². The number of hydrogen-bond donors (Lipinski definition) is 1. The van der Waals surface area contributed by atoms with Crippen LogP contribution in [0.2, 0.25) is 5.02 Å². The molecule has 1 aliphatic heterocycles. The van der Waals surface area contributed by atoms with Crippen molar-refractivity contribution in [1.29, 1.82) is 0 Å². The zero-order valence-electron chi connectivity index (χ0n) is 12.5. The molecule has 2 atom stereocenters. The van der Waals surface area contributed by atoms with Crippen molar-refractivity contribution in [3.8, 4) is 0 Å². The van der Waals surface area contributed by atoms with Gasteiger partial charge >= 0.3 is 0 Å². The van der Waals surface area contributed by atoms with Crippen LogP contribution in [0.25, 0.3) is 0 Å². The molecule has 0 radical (unpaired) electrons. The minimum atomic E-state index is 0.295. The fourth-order valence-corrected chi connectivity index (χ4v) is 3.67. The molecule has 2 aliphatic rings. The zero-order chi connectivity index (χ0) is 14.2. The van der Waals surface area contributed by atoms with E-state index in [-0.39, 0.29) is 0 Å². The minimum Gasteiger partial charge on any atom is -0.310 e. The first-order valence-corrected chi connectivity index (χ1v) is 8.18. The first-order chi connectivity index (χ1) is 9.57. The summed E-state index contributed by atoms with van der Waals surface area (Å²) < 4.78 is 0. The Labute approximate surface area is 127 Å². The summed E-state index contributed by atoms with van der Waals surface area (Å²) in [6.45, 7) is 8.05. The van der Waals surface area contributed by atoms with E-state index in [1.165, 1.54) is 24.8 Å². The van der Waals surface area contributed by atoms with E-state index in [1.54, 1.807) is 0 Å². The largest absolute Gasteiger partial charge is 0.310 e. The van der Waals surface area contributed by atoms with Crippen molar-refractivity contribution in [2.24, 2.45) is 5.92 Å². The highest BCUT2D eigenvalue weighted by Crippen LogP contribution is 2.41. The predicted octanol–water partition coefficient (Wildman–Crippen LogP) is 3.69. The molecule has 1 saturated heterocycles. The number of rotatable bonds is 3. The summed E-state index contributed by atoms with van der Waals surface area (Å²) in [4.78, 5) is 2.63. The predicted molar refractivity (Wildman–Crippen MR) is 85.1 cm³/mol. The smallest absolute Gasteiger partial charge is 0.0409 e. The van der Waals surface area contributed by atoms with Gasteiger partial charge in [0.05, 0.1) is 0 Å². The second-order valence-electron chi connectivity index (χ2n) is 6.79. The van der Waals surface area contributed by atoms with Crippen molar-refractivity contribution in [1.82, 2.24) is 10.2 Å². The van der Waals surface area contributed by atoms with Crippen LogP contribution in [0.5, 0.6) is 0 Å². The highest BCUT2D eigenvalue weighted by Gasteiger charge is 2.43. The number of nitrogens with one attached hydrogen (secondary N) is 1. The number of halogens is 1. The van der Waals surface area contributed by atoms with E-state index in [2.05, 4.69) is 42.3 Å². The lowest BCUT2D eigenvalue weighted by Gasteiger charge is -2.36. The molecule has 2 nitrogen and oxygen atoms in total. The Bertz CT molecular complexity index is 472. The Hall–Kier alpha value is -0.570. The van der Waals surface area contributed by atoms with Gasteiger partial charge in [-0.25, -0.2) is 0 Å². The fraction of sp³-hybridized carbons (Fsp3) is 0.647. The van der Waals surface area contributed by atoms with Gasteiger partial charge in [0, 0.05) is 29.7 Å². The molecule has 1 aromatic carbocycles. The SMILES string of the molecule is CC1CCNC(C)(C2CC2)CN1Cc1cccc(Cl)c1. The Morgan fingerprint density at radius 2 is 2.15 bits per heavy atom. The van der Waals surface area contributed by atoms with Crippen LogP contribution in [0.1, 0.15) is 38.7 Å². The summed E-state index contributed by atoms with van der Waals surface area (Å²) in [6.07, 6.45) is 4.01. The molecule has 0 aromatic heterocycles. The zero-order valence-corrected chi connectivity index (χ0v) is 13.3. The third-order valence-corrected chi connectivity index (χ3v) is 5.23. The molecule has 0 amide bonds. The summed E-state index contributed by atoms with van der Waals surface area (Å²) in [5, 5.41) is 4.65. The molecular weight excluding hydrogens is 268 g/mol. The average Bonchev–Trinajstić information content (AvgIpc) is 3.21. The number of benzene rings is 1. The van der Waals surface area contributed by atoms with Crippen molar-refractivity contribution in [3.05, 3.63) is 34.9 Å². The van der Waals surface area contributed by atoms with Gasteiger partial charge in [-0.2, -0.15) is 0 Å². The third kappa shape index (κ3) is 3.19. The van der Waals surface area contributed by atoms with Crippen LogP contribution in [-0.4, -0.2) is 29.6 Å². The molecule has 1 aromatic rings. The second kappa shape index (κ2) is 5.67. The van der Waals surface area contributed by atoms with Crippen LogP contribution in [0, 0.1) is 5.92 Å². The third-order valence-electron chi connectivity index (χ3n) is 5.00. The molecule has 2 fully saturated rings. The standard InChI is InChI=1S/C17H25ClN2/c1-13-8-9-19-17(2,15-6-7-15)12-20(13)11-14-4-3-5-16(18)10-14/h3-5,10,13,15,19H,6-9,11-12H2,1-2H3. The van der Waals surface area contributed by atoms with E-state index in [0.717, 1.165) is 30.6 Å². The lowest BCUT2D eigenvalue weighted by Crippen LogP contribution is -2.51. The minimum absolute atomic E-state index is 0.295. The maximum absolute atomic E-state index is 6.12. The molecule has 0 bridgehead atoms. The highest BCUT2D eigenvalue weighted by molar-refractivity contribution is 6.30. The number of nitrogens with zero attached hydrogens (tertiary/aromatic N) is 1. The van der Waals surface area contributed by atoms with E-state index >= 15 is 0 Å².